The highest BCUT2D eigenvalue weighted by atomic mass is 32.2. The highest BCUT2D eigenvalue weighted by Gasteiger charge is 2.63. The van der Waals surface area contributed by atoms with Gasteiger partial charge in [-0.2, -0.15) is 0 Å². The summed E-state index contributed by atoms with van der Waals surface area (Å²) in [5, 5.41) is 1.65. The number of hydrogen-bond acceptors (Lipinski definition) is 11. The summed E-state index contributed by atoms with van der Waals surface area (Å²) in [6, 6.07) is 6.60. The van der Waals surface area contributed by atoms with Crippen LogP contribution in [0.1, 0.15) is 106 Å². The second kappa shape index (κ2) is 17.4. The molecule has 13 nitrogen and oxygen atoms in total. The van der Waals surface area contributed by atoms with E-state index in [1.54, 1.807) is 13.1 Å². The van der Waals surface area contributed by atoms with Crippen LogP contribution in [-0.4, -0.2) is 103 Å². The molecule has 1 aromatic heterocycles. The molecule has 340 valence electrons. The van der Waals surface area contributed by atoms with Gasteiger partial charge in [0.2, 0.25) is 27.7 Å². The molecule has 7 atom stereocenters. The number of esters is 1. The number of amides is 2. The molecule has 0 unspecified atom stereocenters. The number of fused-ring (bicyclic) bond motifs is 3. The Kier molecular flexibility index (Phi) is 12.9. The van der Waals surface area contributed by atoms with Gasteiger partial charge in [0.15, 0.2) is 11.4 Å². The number of alkyl halides is 2. The summed E-state index contributed by atoms with van der Waals surface area (Å²) in [6.45, 7) is 11.0. The Morgan fingerprint density at radius 2 is 1.76 bits per heavy atom. The van der Waals surface area contributed by atoms with Crippen LogP contribution in [0.25, 0.3) is 10.8 Å². The predicted molar refractivity (Wildman–Crippen MR) is 229 cm³/mol. The first-order chi connectivity index (χ1) is 29.2. The Morgan fingerprint density at radius 1 is 1.06 bits per heavy atom. The fourth-order valence-corrected chi connectivity index (χ4v) is 10.7. The maximum Gasteiger partial charge on any atom is 0.307 e. The number of rotatable bonds is 11. The second-order valence-electron chi connectivity index (χ2n) is 19.3. The lowest BCUT2D eigenvalue weighted by atomic mass is 9.79. The summed E-state index contributed by atoms with van der Waals surface area (Å²) >= 11 is 0. The van der Waals surface area contributed by atoms with Crippen molar-refractivity contribution in [3.8, 4) is 5.88 Å². The highest BCUT2D eigenvalue weighted by molar-refractivity contribution is 7.91. The van der Waals surface area contributed by atoms with E-state index in [9.17, 15) is 31.6 Å². The Labute approximate surface area is 363 Å². The van der Waals surface area contributed by atoms with Gasteiger partial charge < -0.3 is 24.0 Å². The van der Waals surface area contributed by atoms with E-state index in [2.05, 4.69) is 16.5 Å². The number of benzene rings is 1. The number of sulfonamides is 1. The van der Waals surface area contributed by atoms with Crippen molar-refractivity contribution in [3.63, 3.8) is 0 Å². The van der Waals surface area contributed by atoms with Gasteiger partial charge in [-0.3, -0.25) is 23.9 Å². The predicted octanol–water partition coefficient (Wildman–Crippen LogP) is 6.77. The zero-order valence-corrected chi connectivity index (χ0v) is 37.6. The van der Waals surface area contributed by atoms with E-state index in [1.807, 2.05) is 43.3 Å². The largest absolute Gasteiger partial charge is 0.472 e. The highest BCUT2D eigenvalue weighted by Crippen LogP contribution is 2.58. The van der Waals surface area contributed by atoms with E-state index >= 15 is 4.79 Å². The number of ketones is 1. The Bertz CT molecular complexity index is 2180. The number of carbonyl (C=O) groups is 4. The third-order valence-electron chi connectivity index (χ3n) is 14.3. The van der Waals surface area contributed by atoms with E-state index in [-0.39, 0.29) is 37.6 Å². The van der Waals surface area contributed by atoms with Crippen LogP contribution in [0.5, 0.6) is 5.88 Å². The van der Waals surface area contributed by atoms with Crippen molar-refractivity contribution in [1.29, 1.82) is 0 Å². The molecular weight excluding hydrogens is 823 g/mol. The average Bonchev–Trinajstić information content (AvgIpc) is 4.10. The van der Waals surface area contributed by atoms with Gasteiger partial charge in [-0.05, 0) is 83.1 Å². The Hall–Kier alpha value is -4.18. The smallest absolute Gasteiger partial charge is 0.307 e. The first-order valence-corrected chi connectivity index (χ1v) is 23.7. The van der Waals surface area contributed by atoms with Crippen LogP contribution < -0.4 is 14.4 Å². The number of nitrogens with one attached hydrogen (secondary N) is 1. The van der Waals surface area contributed by atoms with Crippen LogP contribution in [0.3, 0.4) is 0 Å². The van der Waals surface area contributed by atoms with Gasteiger partial charge in [0.25, 0.3) is 5.92 Å². The van der Waals surface area contributed by atoms with Gasteiger partial charge in [-0.25, -0.2) is 22.2 Å². The molecule has 4 heterocycles. The van der Waals surface area contributed by atoms with Crippen molar-refractivity contribution in [3.05, 3.63) is 42.6 Å². The van der Waals surface area contributed by atoms with Crippen molar-refractivity contribution >= 4 is 50.1 Å². The number of Topliss-reactive ketones (excluding diaryl/α,β-unsaturated/α-hetero) is 1. The quantitative estimate of drug-likeness (QED) is 0.187. The lowest BCUT2D eigenvalue weighted by Crippen LogP contribution is -2.49. The molecule has 0 spiro atoms. The molecule has 16 heteroatoms. The summed E-state index contributed by atoms with van der Waals surface area (Å²) in [5.41, 5.74) is -2.56. The van der Waals surface area contributed by atoms with E-state index < -0.39 is 85.7 Å². The minimum absolute atomic E-state index is 0.0415. The maximum atomic E-state index is 15.2. The van der Waals surface area contributed by atoms with Gasteiger partial charge in [0, 0.05) is 43.6 Å². The number of carbonyl (C=O) groups excluding carboxylic acids is 4. The molecule has 2 saturated heterocycles. The molecule has 0 radical (unpaired) electrons. The summed E-state index contributed by atoms with van der Waals surface area (Å²) in [6.07, 6.45) is 7.65. The minimum Gasteiger partial charge on any atom is -0.472 e. The number of aromatic nitrogens is 1. The summed E-state index contributed by atoms with van der Waals surface area (Å²) in [4.78, 5) is 66.1. The van der Waals surface area contributed by atoms with Gasteiger partial charge >= 0.3 is 5.97 Å². The van der Waals surface area contributed by atoms with E-state index in [0.717, 1.165) is 36.7 Å². The molecule has 1 aromatic carbocycles. The fourth-order valence-electron chi connectivity index (χ4n) is 9.40. The van der Waals surface area contributed by atoms with Gasteiger partial charge in [0.1, 0.15) is 6.10 Å². The van der Waals surface area contributed by atoms with E-state index in [1.165, 1.54) is 4.90 Å². The normalized spacial score (nSPS) is 30.1. The third-order valence-corrected chi connectivity index (χ3v) is 16.5. The molecule has 7 rings (SSSR count). The topological polar surface area (TPSA) is 162 Å². The number of anilines is 1. The van der Waals surface area contributed by atoms with Crippen molar-refractivity contribution in [2.75, 3.05) is 37.7 Å². The monoisotopic (exact) mass is 884 g/mol. The standard InChI is InChI=1S/C46H62F2N4O9S/c1-7-30-22-29(2)12-8-9-13-31-25-46(31,42(56)50-62(57,58)44(5)16-17-44)26-38(53)36-23-32(28-52(36)41(55)35(30)24-39(54)61-43(3,4)45(6,47)48)60-40-34-15-11-10-14-33(34)37(27-49-40)51-18-20-59-21-19-51/h9-11,13-15,27,29-32,35-36H,7-8,12,16-26,28H2,1-6H3,(H,50,56)/b13-9-/t29-,30+,31+,32+,35-,36-,46+/m0/s1. The zero-order valence-electron chi connectivity index (χ0n) is 36.8. The zero-order chi connectivity index (χ0) is 44.8. The Morgan fingerprint density at radius 3 is 2.42 bits per heavy atom. The molecule has 0 bridgehead atoms. The Balaban J connectivity index is 1.24. The molecule has 2 saturated carbocycles. The molecular formula is C46H62F2N4O9S. The molecule has 3 aliphatic heterocycles. The van der Waals surface area contributed by atoms with Crippen molar-refractivity contribution in [2.24, 2.45) is 29.1 Å². The number of allylic oxidation sites excluding steroid dienone is 2. The maximum absolute atomic E-state index is 15.2. The average molecular weight is 885 g/mol. The van der Waals surface area contributed by atoms with Crippen LogP contribution in [0.15, 0.2) is 42.6 Å². The third kappa shape index (κ3) is 9.37. The number of halogens is 2. The second-order valence-corrected chi connectivity index (χ2v) is 21.5. The number of morpholine rings is 1. The van der Waals surface area contributed by atoms with Crippen LogP contribution in [0.2, 0.25) is 0 Å². The molecule has 62 heavy (non-hydrogen) atoms. The van der Waals surface area contributed by atoms with E-state index in [4.69, 9.17) is 19.2 Å². The number of nitrogens with zero attached hydrogens (tertiary/aromatic N) is 3. The van der Waals surface area contributed by atoms with Gasteiger partial charge in [0.05, 0.1) is 60.2 Å². The van der Waals surface area contributed by atoms with Gasteiger partial charge in [-0.15, -0.1) is 0 Å². The van der Waals surface area contributed by atoms with Crippen LogP contribution >= 0.6 is 0 Å². The van der Waals surface area contributed by atoms with Crippen LogP contribution in [-0.2, 0) is 38.7 Å². The number of hydrogen-bond donors (Lipinski definition) is 1. The molecule has 5 aliphatic rings. The molecule has 1 N–H and O–H groups in total. The summed E-state index contributed by atoms with van der Waals surface area (Å²) in [5.74, 6) is -7.36. The van der Waals surface area contributed by atoms with Crippen molar-refractivity contribution < 1.29 is 50.6 Å². The lowest BCUT2D eigenvalue weighted by molar-refractivity contribution is -0.197. The molecule has 2 amide bonds. The summed E-state index contributed by atoms with van der Waals surface area (Å²) in [7, 11) is -4.01. The molecule has 2 aliphatic carbocycles. The molecule has 4 fully saturated rings. The number of ether oxygens (including phenoxy) is 3. The fraction of sp³-hybridized carbons (Fsp3) is 0.674. The van der Waals surface area contributed by atoms with E-state index in [0.29, 0.717) is 71.2 Å². The molecule has 2 aromatic rings. The van der Waals surface area contributed by atoms with Crippen molar-refractivity contribution in [2.45, 2.75) is 134 Å². The first kappa shape index (κ1) is 45.8. The van der Waals surface area contributed by atoms with Crippen molar-refractivity contribution in [1.82, 2.24) is 14.6 Å². The lowest BCUT2D eigenvalue weighted by Gasteiger charge is -2.35. The van der Waals surface area contributed by atoms with Crippen LogP contribution in [0, 0.1) is 29.1 Å². The first-order valence-electron chi connectivity index (χ1n) is 22.2. The number of pyridine rings is 1. The summed E-state index contributed by atoms with van der Waals surface area (Å²) < 4.78 is 74.6. The minimum atomic E-state index is -4.01. The van der Waals surface area contributed by atoms with Crippen LogP contribution in [0.4, 0.5) is 14.5 Å². The SMILES string of the molecule is CC[C@@H]1C[C@@H](C)CC/C=C\[C@@H]2C[C@@]2(C(=O)NS(=O)(=O)C2(C)CC2)CC(=O)[C@@H]2C[C@@H](Oc3ncc(N4CCOCC4)c4ccccc34)CN2C(=O)[C@H]1CC(=O)OC(C)(C)C(C)(F)F. The van der Waals surface area contributed by atoms with Gasteiger partial charge in [-0.1, -0.05) is 50.6 Å².